The summed E-state index contributed by atoms with van der Waals surface area (Å²) in [4.78, 5) is 79.0. The third-order valence-corrected chi connectivity index (χ3v) is 6.82. The lowest BCUT2D eigenvalue weighted by Crippen LogP contribution is -2.58. The van der Waals surface area contributed by atoms with Gasteiger partial charge in [-0.3, -0.25) is 29.0 Å². The van der Waals surface area contributed by atoms with Gasteiger partial charge in [-0.2, -0.15) is 0 Å². The van der Waals surface area contributed by atoms with E-state index in [-0.39, 0.29) is 37.5 Å². The van der Waals surface area contributed by atoms with Crippen molar-refractivity contribution in [2.24, 2.45) is 28.1 Å². The lowest BCUT2D eigenvalue weighted by atomic mass is 9.97. The Balaban J connectivity index is 3.10. The first-order valence-electron chi connectivity index (χ1n) is 14.6. The van der Waals surface area contributed by atoms with E-state index in [0.29, 0.717) is 12.0 Å². The average Bonchev–Trinajstić information content (AvgIpc) is 3.02. The molecule has 0 heterocycles. The summed E-state index contributed by atoms with van der Waals surface area (Å²) in [7, 11) is 0. The molecule has 5 atom stereocenters. The van der Waals surface area contributed by atoms with Crippen molar-refractivity contribution in [2.45, 2.75) is 63.7 Å². The van der Waals surface area contributed by atoms with E-state index in [1.165, 1.54) is 24.3 Å². The van der Waals surface area contributed by atoms with Gasteiger partial charge < -0.3 is 59.1 Å². The molecule has 1 rings (SSSR count). The molecule has 1 aromatic carbocycles. The molecule has 0 aliphatic heterocycles. The highest BCUT2D eigenvalue weighted by molar-refractivity contribution is 5.95. The number of aliphatic hydroxyl groups is 1. The van der Waals surface area contributed by atoms with Crippen LogP contribution in [0.2, 0.25) is 0 Å². The van der Waals surface area contributed by atoms with Gasteiger partial charge in [0.25, 0.3) is 0 Å². The van der Waals surface area contributed by atoms with Crippen LogP contribution < -0.4 is 43.8 Å². The number of amides is 5. The van der Waals surface area contributed by atoms with E-state index in [0.717, 1.165) is 0 Å². The molecule has 0 unspecified atom stereocenters. The Morgan fingerprint density at radius 3 is 2.04 bits per heavy atom. The van der Waals surface area contributed by atoms with Gasteiger partial charge in [-0.05, 0) is 36.5 Å². The number of carbonyl (C=O) groups excluding carboxylic acids is 5. The number of carboxylic acid groups (broad SMARTS) is 1. The molecule has 14 N–H and O–H groups in total. The van der Waals surface area contributed by atoms with Crippen molar-refractivity contribution in [3.63, 3.8) is 0 Å². The Morgan fingerprint density at radius 2 is 1.50 bits per heavy atom. The summed E-state index contributed by atoms with van der Waals surface area (Å²) in [5.41, 5.74) is 16.3. The highest BCUT2D eigenvalue weighted by Crippen LogP contribution is 2.13. The van der Waals surface area contributed by atoms with Gasteiger partial charge in [0.05, 0.1) is 19.7 Å². The Kier molecular flexibility index (Phi) is 17.1. The maximum Gasteiger partial charge on any atom is 0.326 e. The number of benzene rings is 1. The second kappa shape index (κ2) is 20.1. The minimum Gasteiger partial charge on any atom is -0.508 e. The van der Waals surface area contributed by atoms with E-state index in [1.807, 2.05) is 0 Å². The third kappa shape index (κ3) is 14.2. The molecule has 0 radical (unpaired) electrons. The number of carbonyl (C=O) groups is 6. The zero-order chi connectivity index (χ0) is 34.8. The first kappa shape index (κ1) is 39.1. The summed E-state index contributed by atoms with van der Waals surface area (Å²) in [5, 5.41) is 40.7. The van der Waals surface area contributed by atoms with Crippen LogP contribution >= 0.6 is 0 Å². The maximum absolute atomic E-state index is 13.5. The smallest absolute Gasteiger partial charge is 0.326 e. The topological polar surface area (TPSA) is 314 Å². The van der Waals surface area contributed by atoms with E-state index >= 15 is 0 Å². The molecule has 256 valence electrons. The number of nitrogens with zero attached hydrogens (tertiary/aromatic N) is 1. The number of aromatic hydroxyl groups is 1. The number of nitrogens with one attached hydrogen (secondary N) is 5. The summed E-state index contributed by atoms with van der Waals surface area (Å²) in [6.07, 6.45) is 0.559. The van der Waals surface area contributed by atoms with Crippen LogP contribution in [0.5, 0.6) is 5.75 Å². The number of phenols is 1. The molecule has 0 bridgehead atoms. The lowest BCUT2D eigenvalue weighted by molar-refractivity contribution is -0.142. The Labute approximate surface area is 265 Å². The summed E-state index contributed by atoms with van der Waals surface area (Å²) >= 11 is 0. The van der Waals surface area contributed by atoms with Gasteiger partial charge in [-0.15, -0.1) is 0 Å². The number of rotatable bonds is 20. The van der Waals surface area contributed by atoms with Crippen LogP contribution in [0.25, 0.3) is 0 Å². The fourth-order valence-corrected chi connectivity index (χ4v) is 4.04. The Hall–Kier alpha value is -4.97. The average molecular weight is 652 g/mol. The van der Waals surface area contributed by atoms with Gasteiger partial charge in [0.2, 0.25) is 29.5 Å². The summed E-state index contributed by atoms with van der Waals surface area (Å²) in [6, 6.07) is 0.672. The first-order valence-corrected chi connectivity index (χ1v) is 14.6. The standard InChI is InChI=1S/C28H45N9O9/c1-3-15(2)23(37-22(41)13-33-24(42)20(14-38)34-21(40)12-29)26(44)36-19(11-16-6-8-17(39)9-7-16)25(43)35-18(27(45)46)5-4-10-32-28(30)31/h6-9,15,18-20,23,38-39H,3-5,10-14,29H2,1-2H3,(H,33,42)(H,34,40)(H,35,43)(H,36,44)(H,37,41)(H,45,46)(H4,30,31,32)/t15-,18-,19-,20-,23-/m0/s1. The van der Waals surface area contributed by atoms with Crippen molar-refractivity contribution in [1.82, 2.24) is 26.6 Å². The molecular formula is C28H45N9O9. The van der Waals surface area contributed by atoms with Crippen LogP contribution in [0, 0.1) is 5.92 Å². The molecule has 18 nitrogen and oxygen atoms in total. The molecule has 0 aliphatic carbocycles. The highest BCUT2D eigenvalue weighted by atomic mass is 16.4. The van der Waals surface area contributed by atoms with Crippen molar-refractivity contribution in [3.8, 4) is 5.75 Å². The van der Waals surface area contributed by atoms with Crippen LogP contribution in [-0.2, 0) is 35.2 Å². The van der Waals surface area contributed by atoms with Crippen molar-refractivity contribution in [3.05, 3.63) is 29.8 Å². The summed E-state index contributed by atoms with van der Waals surface area (Å²) in [5.74, 6) is -5.86. The number of aliphatic hydroxyl groups excluding tert-OH is 1. The molecule has 0 spiro atoms. The van der Waals surface area contributed by atoms with Crippen LogP contribution in [0.1, 0.15) is 38.7 Å². The third-order valence-electron chi connectivity index (χ3n) is 6.82. The molecule has 1 aromatic rings. The molecule has 0 aromatic heterocycles. The predicted molar refractivity (Wildman–Crippen MR) is 166 cm³/mol. The largest absolute Gasteiger partial charge is 0.508 e. The van der Waals surface area contributed by atoms with Crippen LogP contribution in [-0.4, -0.2) is 107 Å². The van der Waals surface area contributed by atoms with Crippen molar-refractivity contribution < 1.29 is 44.1 Å². The number of phenolic OH excluding ortho intramolecular Hbond substituents is 1. The van der Waals surface area contributed by atoms with Gasteiger partial charge in [-0.1, -0.05) is 32.4 Å². The lowest BCUT2D eigenvalue weighted by Gasteiger charge is -2.27. The number of carboxylic acids is 1. The normalized spacial score (nSPS) is 13.9. The second-order valence-electron chi connectivity index (χ2n) is 10.4. The number of hydrogen-bond acceptors (Lipinski definition) is 10. The Bertz CT molecular complexity index is 1220. The van der Waals surface area contributed by atoms with Gasteiger partial charge in [-0.25, -0.2) is 4.79 Å². The fraction of sp³-hybridized carbons (Fsp3) is 0.536. The van der Waals surface area contributed by atoms with Crippen molar-refractivity contribution >= 4 is 41.5 Å². The van der Waals surface area contributed by atoms with Crippen molar-refractivity contribution in [1.29, 1.82) is 0 Å². The monoisotopic (exact) mass is 651 g/mol. The van der Waals surface area contributed by atoms with E-state index < -0.39 is 85.3 Å². The van der Waals surface area contributed by atoms with E-state index in [2.05, 4.69) is 31.6 Å². The summed E-state index contributed by atoms with van der Waals surface area (Å²) in [6.45, 7) is 1.81. The molecule has 0 aliphatic rings. The van der Waals surface area contributed by atoms with Crippen LogP contribution in [0.4, 0.5) is 0 Å². The molecule has 0 saturated carbocycles. The zero-order valence-electron chi connectivity index (χ0n) is 25.8. The van der Waals surface area contributed by atoms with Crippen molar-refractivity contribution in [2.75, 3.05) is 26.2 Å². The number of nitrogens with two attached hydrogens (primary N) is 3. The Morgan fingerprint density at radius 1 is 0.870 bits per heavy atom. The molecule has 0 saturated heterocycles. The summed E-state index contributed by atoms with van der Waals surface area (Å²) < 4.78 is 0. The first-order chi connectivity index (χ1) is 21.7. The minimum atomic E-state index is -1.35. The number of aliphatic carboxylic acids is 1. The SMILES string of the molecule is CC[C@H](C)[C@H](NC(=O)CNC(=O)[C@H](CO)NC(=O)CN)C(=O)N[C@@H](Cc1ccc(O)cc1)C(=O)N[C@@H](CCCN=C(N)N)C(=O)O. The van der Waals surface area contributed by atoms with Gasteiger partial charge in [0.15, 0.2) is 5.96 Å². The quantitative estimate of drug-likeness (QED) is 0.0366. The van der Waals surface area contributed by atoms with Gasteiger partial charge in [0.1, 0.15) is 29.9 Å². The van der Waals surface area contributed by atoms with Gasteiger partial charge >= 0.3 is 5.97 Å². The molecule has 46 heavy (non-hydrogen) atoms. The molecule has 18 heteroatoms. The highest BCUT2D eigenvalue weighted by Gasteiger charge is 2.32. The number of aliphatic imine (C=N–C) groups is 1. The molecular weight excluding hydrogens is 606 g/mol. The number of hydrogen-bond donors (Lipinski definition) is 11. The van der Waals surface area contributed by atoms with Crippen LogP contribution in [0.15, 0.2) is 29.3 Å². The predicted octanol–water partition coefficient (Wildman–Crippen LogP) is -3.87. The van der Waals surface area contributed by atoms with E-state index in [1.54, 1.807) is 13.8 Å². The van der Waals surface area contributed by atoms with Crippen LogP contribution in [0.3, 0.4) is 0 Å². The van der Waals surface area contributed by atoms with E-state index in [9.17, 15) is 44.1 Å². The van der Waals surface area contributed by atoms with E-state index in [4.69, 9.17) is 17.2 Å². The minimum absolute atomic E-state index is 0.0119. The molecule has 0 fully saturated rings. The molecule has 5 amide bonds. The maximum atomic E-state index is 13.5. The fourth-order valence-electron chi connectivity index (χ4n) is 4.04. The number of guanidine groups is 1. The second-order valence-corrected chi connectivity index (χ2v) is 10.4. The van der Waals surface area contributed by atoms with Gasteiger partial charge in [0, 0.05) is 13.0 Å². The zero-order valence-corrected chi connectivity index (χ0v) is 25.8.